The van der Waals surface area contributed by atoms with Crippen molar-refractivity contribution in [3.05, 3.63) is 5.01 Å². The van der Waals surface area contributed by atoms with Crippen LogP contribution in [0.15, 0.2) is 0 Å². The molecule has 5 nitrogen and oxygen atoms in total. The summed E-state index contributed by atoms with van der Waals surface area (Å²) in [6.45, 7) is 6.42. The van der Waals surface area contributed by atoms with Crippen LogP contribution in [0.3, 0.4) is 0 Å². The van der Waals surface area contributed by atoms with E-state index in [0.717, 1.165) is 50.2 Å². The number of anilines is 1. The minimum Gasteiger partial charge on any atom is -0.317 e. The molecule has 1 aromatic rings. The van der Waals surface area contributed by atoms with Gasteiger partial charge < -0.3 is 10.6 Å². The molecule has 1 aliphatic heterocycles. The first kappa shape index (κ1) is 14.9. The van der Waals surface area contributed by atoms with Gasteiger partial charge in [-0.05, 0) is 50.6 Å². The highest BCUT2D eigenvalue weighted by molar-refractivity contribution is 7.15. The predicted octanol–water partition coefficient (Wildman–Crippen LogP) is 2.77. The number of rotatable bonds is 5. The average Bonchev–Trinajstić information content (AvgIpc) is 2.99. The van der Waals surface area contributed by atoms with E-state index in [2.05, 4.69) is 34.7 Å². The summed E-state index contributed by atoms with van der Waals surface area (Å²) in [5.41, 5.74) is 0.276. The zero-order valence-electron chi connectivity index (χ0n) is 12.8. The largest absolute Gasteiger partial charge is 0.317 e. The standard InChI is InChI=1S/C15H24N4OS/c1-3-10(4-2)13-18-19-14(21-13)17-12(20)11-9-15(11)5-7-16-8-6-15/h10-11,16H,3-9H2,1-2H3,(H,17,19,20). The van der Waals surface area contributed by atoms with Crippen LogP contribution in [0.5, 0.6) is 0 Å². The van der Waals surface area contributed by atoms with Gasteiger partial charge in [0, 0.05) is 11.8 Å². The molecule has 0 aromatic carbocycles. The van der Waals surface area contributed by atoms with Crippen LogP contribution < -0.4 is 10.6 Å². The molecule has 1 saturated carbocycles. The lowest BCUT2D eigenvalue weighted by molar-refractivity contribution is -0.118. The minimum absolute atomic E-state index is 0.143. The Kier molecular flexibility index (Phi) is 4.26. The van der Waals surface area contributed by atoms with E-state index in [1.807, 2.05) is 0 Å². The van der Waals surface area contributed by atoms with Crippen molar-refractivity contribution in [2.24, 2.45) is 11.3 Å². The molecule has 1 saturated heterocycles. The molecule has 2 heterocycles. The van der Waals surface area contributed by atoms with Crippen molar-refractivity contribution < 1.29 is 4.79 Å². The molecule has 2 fully saturated rings. The van der Waals surface area contributed by atoms with E-state index in [1.165, 1.54) is 11.3 Å². The topological polar surface area (TPSA) is 66.9 Å². The highest BCUT2D eigenvalue weighted by atomic mass is 32.1. The summed E-state index contributed by atoms with van der Waals surface area (Å²) in [5, 5.41) is 16.4. The molecule has 1 aromatic heterocycles. The molecule has 116 valence electrons. The highest BCUT2D eigenvalue weighted by Gasteiger charge is 2.57. The number of amides is 1. The van der Waals surface area contributed by atoms with Gasteiger partial charge in [0.1, 0.15) is 5.01 Å². The van der Waals surface area contributed by atoms with Crippen molar-refractivity contribution in [3.8, 4) is 0 Å². The molecule has 0 radical (unpaired) electrons. The fourth-order valence-corrected chi connectivity index (χ4v) is 4.49. The SMILES string of the molecule is CCC(CC)c1nnc(NC(=O)C2CC23CCNCC3)s1. The van der Waals surface area contributed by atoms with Gasteiger partial charge in [0.2, 0.25) is 11.0 Å². The monoisotopic (exact) mass is 308 g/mol. The summed E-state index contributed by atoms with van der Waals surface area (Å²) in [7, 11) is 0. The summed E-state index contributed by atoms with van der Waals surface area (Å²) in [6.07, 6.45) is 5.43. The van der Waals surface area contributed by atoms with Gasteiger partial charge in [-0.25, -0.2) is 0 Å². The van der Waals surface area contributed by atoms with Gasteiger partial charge in [-0.1, -0.05) is 25.2 Å². The summed E-state index contributed by atoms with van der Waals surface area (Å²) in [6, 6.07) is 0. The van der Waals surface area contributed by atoms with Gasteiger partial charge in [0.15, 0.2) is 0 Å². The van der Waals surface area contributed by atoms with Crippen molar-refractivity contribution in [1.29, 1.82) is 0 Å². The predicted molar refractivity (Wildman–Crippen MR) is 84.5 cm³/mol. The van der Waals surface area contributed by atoms with E-state index < -0.39 is 0 Å². The number of hydrogen-bond donors (Lipinski definition) is 2. The molecule has 2 N–H and O–H groups in total. The molecule has 1 spiro atoms. The Morgan fingerprint density at radius 1 is 1.38 bits per heavy atom. The zero-order chi connectivity index (χ0) is 14.9. The van der Waals surface area contributed by atoms with Crippen molar-refractivity contribution in [2.75, 3.05) is 18.4 Å². The number of piperidine rings is 1. The minimum atomic E-state index is 0.143. The Morgan fingerprint density at radius 3 is 2.76 bits per heavy atom. The molecule has 1 aliphatic carbocycles. The molecule has 6 heteroatoms. The van der Waals surface area contributed by atoms with Crippen LogP contribution in [0.4, 0.5) is 5.13 Å². The molecule has 1 amide bonds. The Bertz CT molecular complexity index is 506. The number of hydrogen-bond acceptors (Lipinski definition) is 5. The Hall–Kier alpha value is -1.01. The van der Waals surface area contributed by atoms with Gasteiger partial charge in [-0.3, -0.25) is 4.79 Å². The molecule has 1 atom stereocenters. The summed E-state index contributed by atoms with van der Waals surface area (Å²) < 4.78 is 0. The second kappa shape index (κ2) is 6.01. The normalized spacial score (nSPS) is 23.5. The number of aromatic nitrogens is 2. The number of nitrogens with zero attached hydrogens (tertiary/aromatic N) is 2. The van der Waals surface area contributed by atoms with Crippen LogP contribution in [0, 0.1) is 11.3 Å². The van der Waals surface area contributed by atoms with Crippen LogP contribution in [-0.2, 0) is 4.79 Å². The Morgan fingerprint density at radius 2 is 2.10 bits per heavy atom. The molecular weight excluding hydrogens is 284 g/mol. The van der Waals surface area contributed by atoms with Crippen molar-refractivity contribution in [3.63, 3.8) is 0 Å². The quantitative estimate of drug-likeness (QED) is 0.878. The van der Waals surface area contributed by atoms with Crippen LogP contribution in [0.25, 0.3) is 0 Å². The fourth-order valence-electron chi connectivity index (χ4n) is 3.48. The van der Waals surface area contributed by atoms with Gasteiger partial charge in [0.05, 0.1) is 0 Å². The van der Waals surface area contributed by atoms with E-state index in [9.17, 15) is 4.79 Å². The molecule has 0 bridgehead atoms. The molecule has 3 rings (SSSR count). The first-order valence-corrected chi connectivity index (χ1v) is 8.85. The van der Waals surface area contributed by atoms with E-state index in [-0.39, 0.29) is 17.2 Å². The Balaban J connectivity index is 1.58. The van der Waals surface area contributed by atoms with Gasteiger partial charge >= 0.3 is 0 Å². The van der Waals surface area contributed by atoms with Gasteiger partial charge in [0.25, 0.3) is 0 Å². The van der Waals surface area contributed by atoms with Gasteiger partial charge in [-0.15, -0.1) is 10.2 Å². The van der Waals surface area contributed by atoms with Crippen LogP contribution in [-0.4, -0.2) is 29.2 Å². The summed E-state index contributed by atoms with van der Waals surface area (Å²) >= 11 is 1.53. The summed E-state index contributed by atoms with van der Waals surface area (Å²) in [5.74, 6) is 0.786. The van der Waals surface area contributed by atoms with Crippen LogP contribution in [0.2, 0.25) is 0 Å². The lowest BCUT2D eigenvalue weighted by atomic mass is 9.92. The van der Waals surface area contributed by atoms with Crippen molar-refractivity contribution in [1.82, 2.24) is 15.5 Å². The highest BCUT2D eigenvalue weighted by Crippen LogP contribution is 2.58. The van der Waals surface area contributed by atoms with Crippen molar-refractivity contribution >= 4 is 22.4 Å². The van der Waals surface area contributed by atoms with E-state index >= 15 is 0 Å². The third kappa shape index (κ3) is 2.97. The molecular formula is C15H24N4OS. The number of carbonyl (C=O) groups excluding carboxylic acids is 1. The molecule has 2 aliphatic rings. The smallest absolute Gasteiger partial charge is 0.229 e. The second-order valence-corrected chi connectivity index (χ2v) is 7.33. The maximum absolute atomic E-state index is 12.4. The zero-order valence-corrected chi connectivity index (χ0v) is 13.6. The lowest BCUT2D eigenvalue weighted by Crippen LogP contribution is -2.31. The van der Waals surface area contributed by atoms with E-state index in [0.29, 0.717) is 11.0 Å². The second-order valence-electron chi connectivity index (χ2n) is 6.32. The Labute approximate surface area is 129 Å². The van der Waals surface area contributed by atoms with Crippen molar-refractivity contribution in [2.45, 2.75) is 51.9 Å². The van der Waals surface area contributed by atoms with E-state index in [1.54, 1.807) is 0 Å². The average molecular weight is 308 g/mol. The number of nitrogens with one attached hydrogen (secondary N) is 2. The van der Waals surface area contributed by atoms with Crippen LogP contribution >= 0.6 is 11.3 Å². The first-order chi connectivity index (χ1) is 10.2. The van der Waals surface area contributed by atoms with Gasteiger partial charge in [-0.2, -0.15) is 0 Å². The number of carbonyl (C=O) groups is 1. The third-order valence-corrected chi connectivity index (χ3v) is 6.11. The summed E-state index contributed by atoms with van der Waals surface area (Å²) in [4.78, 5) is 12.4. The molecule has 21 heavy (non-hydrogen) atoms. The molecule has 1 unspecified atom stereocenters. The van der Waals surface area contributed by atoms with Crippen LogP contribution in [0.1, 0.15) is 56.9 Å². The third-order valence-electron chi connectivity index (χ3n) is 5.11. The van der Waals surface area contributed by atoms with E-state index in [4.69, 9.17) is 0 Å². The maximum atomic E-state index is 12.4. The maximum Gasteiger partial charge on any atom is 0.229 e. The first-order valence-electron chi connectivity index (χ1n) is 8.03. The fraction of sp³-hybridized carbons (Fsp3) is 0.800. The lowest BCUT2D eigenvalue weighted by Gasteiger charge is -2.22.